The number of esters is 1. The van der Waals surface area contributed by atoms with Gasteiger partial charge >= 0.3 is 10.8 Å². The number of H-pyrrole nitrogens is 1. The predicted molar refractivity (Wildman–Crippen MR) is 65.2 cm³/mol. The fraction of sp³-hybridized carbons (Fsp3) is 0.636. The molecular formula is C11H16N2O3S. The number of nitrogens with one attached hydrogen (secondary N) is 1. The standard InChI is InChI=1S/C11H16N2O3S/c1-16-10(14)6-8-9(17-11(15)12-8)7-13-4-2-3-5-13/h2-7H2,1H3,(H,12,15). The Balaban J connectivity index is 2.09. The number of aromatic amines is 1. The number of likely N-dealkylation sites (tertiary alicyclic amines) is 1. The maximum atomic E-state index is 11.3. The number of hydrogen-bond donors (Lipinski definition) is 1. The van der Waals surface area contributed by atoms with Crippen LogP contribution in [0, 0.1) is 0 Å². The summed E-state index contributed by atoms with van der Waals surface area (Å²) in [6, 6.07) is 0. The Morgan fingerprint density at radius 2 is 2.18 bits per heavy atom. The van der Waals surface area contributed by atoms with Crippen molar-refractivity contribution in [2.75, 3.05) is 20.2 Å². The third kappa shape index (κ3) is 3.17. The van der Waals surface area contributed by atoms with Gasteiger partial charge in [0.05, 0.1) is 13.5 Å². The largest absolute Gasteiger partial charge is 0.469 e. The molecule has 0 unspecified atom stereocenters. The van der Waals surface area contributed by atoms with Crippen LogP contribution in [-0.2, 0) is 22.5 Å². The topological polar surface area (TPSA) is 62.4 Å². The summed E-state index contributed by atoms with van der Waals surface area (Å²) < 4.78 is 4.62. The quantitative estimate of drug-likeness (QED) is 0.807. The molecule has 0 spiro atoms. The first kappa shape index (κ1) is 12.3. The monoisotopic (exact) mass is 256 g/mol. The van der Waals surface area contributed by atoms with Crippen molar-refractivity contribution >= 4 is 17.3 Å². The molecular weight excluding hydrogens is 240 g/mol. The highest BCUT2D eigenvalue weighted by Gasteiger charge is 2.17. The van der Waals surface area contributed by atoms with E-state index in [9.17, 15) is 9.59 Å². The zero-order valence-electron chi connectivity index (χ0n) is 9.82. The SMILES string of the molecule is COC(=O)Cc1[nH]c(=O)sc1CN1CCCC1. The smallest absolute Gasteiger partial charge is 0.311 e. The first-order valence-electron chi connectivity index (χ1n) is 5.69. The Labute approximate surface area is 103 Å². The molecule has 0 bridgehead atoms. The Hall–Kier alpha value is -1.14. The van der Waals surface area contributed by atoms with Crippen molar-refractivity contribution in [2.24, 2.45) is 0 Å². The number of ether oxygens (including phenoxy) is 1. The van der Waals surface area contributed by atoms with Gasteiger partial charge in [-0.15, -0.1) is 0 Å². The maximum Gasteiger partial charge on any atom is 0.311 e. The minimum atomic E-state index is -0.318. The molecule has 0 saturated carbocycles. The van der Waals surface area contributed by atoms with Gasteiger partial charge in [-0.3, -0.25) is 14.5 Å². The molecule has 0 aliphatic carbocycles. The summed E-state index contributed by atoms with van der Waals surface area (Å²) in [6.45, 7) is 2.91. The fourth-order valence-electron chi connectivity index (χ4n) is 2.02. The van der Waals surface area contributed by atoms with Gasteiger partial charge in [-0.2, -0.15) is 0 Å². The molecule has 1 aromatic heterocycles. The second-order valence-corrected chi connectivity index (χ2v) is 5.22. The first-order valence-corrected chi connectivity index (χ1v) is 6.50. The molecule has 2 rings (SSSR count). The van der Waals surface area contributed by atoms with Crippen LogP contribution in [0.3, 0.4) is 0 Å². The number of carbonyl (C=O) groups is 1. The average Bonchev–Trinajstić information content (AvgIpc) is 2.90. The molecule has 0 amide bonds. The molecule has 1 fully saturated rings. The van der Waals surface area contributed by atoms with Crippen LogP contribution in [0.2, 0.25) is 0 Å². The van der Waals surface area contributed by atoms with Crippen LogP contribution >= 0.6 is 11.3 Å². The summed E-state index contributed by atoms with van der Waals surface area (Å²) in [4.78, 5) is 28.5. The van der Waals surface area contributed by atoms with E-state index in [1.165, 1.54) is 31.3 Å². The van der Waals surface area contributed by atoms with Gasteiger partial charge in [0.2, 0.25) is 0 Å². The van der Waals surface area contributed by atoms with Crippen molar-refractivity contribution in [3.63, 3.8) is 0 Å². The van der Waals surface area contributed by atoms with Crippen LogP contribution in [0.25, 0.3) is 0 Å². The summed E-state index contributed by atoms with van der Waals surface area (Å²) in [6.07, 6.45) is 2.58. The normalized spacial score (nSPS) is 16.3. The first-order chi connectivity index (χ1) is 8.19. The molecule has 1 N–H and O–H groups in total. The van der Waals surface area contributed by atoms with Gasteiger partial charge < -0.3 is 9.72 Å². The van der Waals surface area contributed by atoms with Crippen molar-refractivity contribution in [3.8, 4) is 0 Å². The number of thiazole rings is 1. The summed E-state index contributed by atoms with van der Waals surface area (Å²) >= 11 is 1.19. The molecule has 2 heterocycles. The second kappa shape index (κ2) is 5.46. The third-order valence-corrected chi connectivity index (χ3v) is 3.83. The van der Waals surface area contributed by atoms with Gasteiger partial charge in [0, 0.05) is 17.1 Å². The number of carbonyl (C=O) groups excluding carboxylic acids is 1. The van der Waals surface area contributed by atoms with E-state index in [2.05, 4.69) is 14.6 Å². The molecule has 0 aromatic carbocycles. The number of nitrogens with zero attached hydrogens (tertiary/aromatic N) is 1. The van der Waals surface area contributed by atoms with Crippen LogP contribution in [0.4, 0.5) is 0 Å². The highest BCUT2D eigenvalue weighted by atomic mass is 32.1. The van der Waals surface area contributed by atoms with Crippen LogP contribution in [0.1, 0.15) is 23.4 Å². The van der Waals surface area contributed by atoms with E-state index in [1.54, 1.807) is 0 Å². The Kier molecular flexibility index (Phi) is 3.96. The van der Waals surface area contributed by atoms with E-state index in [0.29, 0.717) is 5.69 Å². The van der Waals surface area contributed by atoms with E-state index < -0.39 is 0 Å². The molecule has 5 nitrogen and oxygen atoms in total. The van der Waals surface area contributed by atoms with Crippen molar-refractivity contribution in [1.29, 1.82) is 0 Å². The zero-order chi connectivity index (χ0) is 12.3. The molecule has 1 aliphatic heterocycles. The lowest BCUT2D eigenvalue weighted by atomic mass is 10.2. The second-order valence-electron chi connectivity index (χ2n) is 4.15. The maximum absolute atomic E-state index is 11.3. The highest BCUT2D eigenvalue weighted by molar-refractivity contribution is 7.09. The summed E-state index contributed by atoms with van der Waals surface area (Å²) in [7, 11) is 1.35. The average molecular weight is 256 g/mol. The van der Waals surface area contributed by atoms with Gasteiger partial charge in [0.1, 0.15) is 0 Å². The van der Waals surface area contributed by atoms with Gasteiger partial charge in [-0.25, -0.2) is 0 Å². The van der Waals surface area contributed by atoms with E-state index >= 15 is 0 Å². The van der Waals surface area contributed by atoms with Crippen LogP contribution in [-0.4, -0.2) is 36.1 Å². The fourth-order valence-corrected chi connectivity index (χ4v) is 2.91. The van der Waals surface area contributed by atoms with E-state index in [4.69, 9.17) is 0 Å². The van der Waals surface area contributed by atoms with Crippen molar-refractivity contribution in [1.82, 2.24) is 9.88 Å². The Morgan fingerprint density at radius 1 is 1.47 bits per heavy atom. The minimum absolute atomic E-state index is 0.0990. The van der Waals surface area contributed by atoms with Crippen LogP contribution < -0.4 is 4.87 Å². The third-order valence-electron chi connectivity index (χ3n) is 2.92. The molecule has 0 atom stereocenters. The van der Waals surface area contributed by atoms with E-state index in [-0.39, 0.29) is 17.3 Å². The van der Waals surface area contributed by atoms with E-state index in [1.807, 2.05) is 0 Å². The minimum Gasteiger partial charge on any atom is -0.469 e. The molecule has 1 saturated heterocycles. The van der Waals surface area contributed by atoms with Gasteiger partial charge in [0.15, 0.2) is 0 Å². The molecule has 0 radical (unpaired) electrons. The Bertz CT molecular complexity index is 446. The lowest BCUT2D eigenvalue weighted by Gasteiger charge is -2.13. The lowest BCUT2D eigenvalue weighted by Crippen LogP contribution is -2.19. The van der Waals surface area contributed by atoms with Gasteiger partial charge in [-0.05, 0) is 25.9 Å². The van der Waals surface area contributed by atoms with Crippen molar-refractivity contribution in [2.45, 2.75) is 25.8 Å². The number of methoxy groups -OCH3 is 1. The van der Waals surface area contributed by atoms with Crippen molar-refractivity contribution < 1.29 is 9.53 Å². The summed E-state index contributed by atoms with van der Waals surface area (Å²) in [5, 5.41) is 0. The van der Waals surface area contributed by atoms with Crippen LogP contribution in [0.5, 0.6) is 0 Å². The molecule has 94 valence electrons. The van der Waals surface area contributed by atoms with E-state index in [0.717, 1.165) is 24.5 Å². The van der Waals surface area contributed by atoms with Gasteiger partial charge in [-0.1, -0.05) is 11.3 Å². The zero-order valence-corrected chi connectivity index (χ0v) is 10.6. The number of hydrogen-bond acceptors (Lipinski definition) is 5. The van der Waals surface area contributed by atoms with Crippen LogP contribution in [0.15, 0.2) is 4.79 Å². The summed E-state index contributed by atoms with van der Waals surface area (Å²) in [5.41, 5.74) is 0.707. The molecule has 1 aromatic rings. The molecule has 1 aliphatic rings. The Morgan fingerprint density at radius 3 is 2.82 bits per heavy atom. The highest BCUT2D eigenvalue weighted by Crippen LogP contribution is 2.17. The predicted octanol–water partition coefficient (Wildman–Crippen LogP) is 0.748. The number of aromatic nitrogens is 1. The number of rotatable bonds is 4. The van der Waals surface area contributed by atoms with Crippen molar-refractivity contribution in [3.05, 3.63) is 20.2 Å². The molecule has 6 heteroatoms. The lowest BCUT2D eigenvalue weighted by molar-refractivity contribution is -0.139. The van der Waals surface area contributed by atoms with Gasteiger partial charge in [0.25, 0.3) is 0 Å². The molecule has 17 heavy (non-hydrogen) atoms. The summed E-state index contributed by atoms with van der Waals surface area (Å²) in [5.74, 6) is -0.318.